The highest BCUT2D eigenvalue weighted by Gasteiger charge is 2.28. The van der Waals surface area contributed by atoms with E-state index in [1.165, 1.54) is 17.6 Å². The molecule has 1 unspecified atom stereocenters. The molecule has 0 spiro atoms. The molecule has 4 rings (SSSR count). The van der Waals surface area contributed by atoms with Gasteiger partial charge in [-0.3, -0.25) is 4.98 Å². The highest BCUT2D eigenvalue weighted by Crippen LogP contribution is 2.33. The van der Waals surface area contributed by atoms with E-state index in [2.05, 4.69) is 28.5 Å². The Morgan fingerprint density at radius 3 is 2.75 bits per heavy atom. The molecule has 0 bridgehead atoms. The summed E-state index contributed by atoms with van der Waals surface area (Å²) in [6.07, 6.45) is 3.73. The zero-order valence-electron chi connectivity index (χ0n) is 13.3. The fourth-order valence-corrected chi connectivity index (χ4v) is 3.34. The predicted molar refractivity (Wildman–Crippen MR) is 92.5 cm³/mol. The van der Waals surface area contributed by atoms with Crippen molar-refractivity contribution in [2.24, 2.45) is 5.92 Å². The number of rotatable bonds is 4. The second-order valence-corrected chi connectivity index (χ2v) is 6.24. The van der Waals surface area contributed by atoms with Crippen LogP contribution in [0.15, 0.2) is 60.9 Å². The maximum Gasteiger partial charge on any atom is 0.141 e. The van der Waals surface area contributed by atoms with Gasteiger partial charge in [0.15, 0.2) is 0 Å². The maximum absolute atomic E-state index is 13.6. The van der Waals surface area contributed by atoms with E-state index in [9.17, 15) is 4.39 Å². The first-order valence-corrected chi connectivity index (χ1v) is 8.26. The smallest absolute Gasteiger partial charge is 0.141 e. The monoisotopic (exact) mass is 322 g/mol. The maximum atomic E-state index is 13.6. The van der Waals surface area contributed by atoms with Crippen LogP contribution in [0.1, 0.15) is 18.1 Å². The van der Waals surface area contributed by atoms with Gasteiger partial charge in [-0.15, -0.1) is 0 Å². The van der Waals surface area contributed by atoms with Crippen molar-refractivity contribution in [2.45, 2.75) is 12.5 Å². The zero-order valence-corrected chi connectivity index (χ0v) is 13.3. The minimum absolute atomic E-state index is 0.204. The van der Waals surface area contributed by atoms with Crippen molar-refractivity contribution in [3.8, 4) is 5.75 Å². The van der Waals surface area contributed by atoms with Gasteiger partial charge in [0.25, 0.3) is 0 Å². The second-order valence-electron chi connectivity index (χ2n) is 6.24. The normalized spacial score (nSPS) is 18.6. The summed E-state index contributed by atoms with van der Waals surface area (Å²) in [5.74, 6) is 0.778. The first-order valence-electron chi connectivity index (χ1n) is 8.26. The predicted octanol–water partition coefficient (Wildman–Crippen LogP) is 4.10. The second kappa shape index (κ2) is 6.57. The van der Waals surface area contributed by atoms with Crippen LogP contribution in [0.4, 0.5) is 4.39 Å². The molecule has 1 aromatic heterocycles. The van der Waals surface area contributed by atoms with Crippen LogP contribution in [0.3, 0.4) is 0 Å². The van der Waals surface area contributed by atoms with Gasteiger partial charge in [-0.1, -0.05) is 30.3 Å². The minimum atomic E-state index is -0.328. The summed E-state index contributed by atoms with van der Waals surface area (Å²) in [7, 11) is 0. The first-order chi connectivity index (χ1) is 11.8. The number of fused-ring (bicyclic) bond motifs is 1. The number of hydrogen-bond donors (Lipinski definition) is 1. The third kappa shape index (κ3) is 3.10. The lowest BCUT2D eigenvalue weighted by molar-refractivity contribution is 0.144. The van der Waals surface area contributed by atoms with Gasteiger partial charge >= 0.3 is 0 Å². The van der Waals surface area contributed by atoms with Gasteiger partial charge < -0.3 is 10.1 Å². The minimum Gasteiger partial charge on any atom is -0.485 e. The summed E-state index contributed by atoms with van der Waals surface area (Å²) in [6.45, 7) is 1.83. The number of benzene rings is 2. The van der Waals surface area contributed by atoms with Crippen LogP contribution in [-0.4, -0.2) is 18.1 Å². The van der Waals surface area contributed by atoms with Gasteiger partial charge in [-0.2, -0.15) is 0 Å². The van der Waals surface area contributed by atoms with Crippen LogP contribution in [0, 0.1) is 11.7 Å². The summed E-state index contributed by atoms with van der Waals surface area (Å²) in [5, 5.41) is 5.67. The Kier molecular flexibility index (Phi) is 4.13. The topological polar surface area (TPSA) is 34.1 Å². The lowest BCUT2D eigenvalue weighted by Gasteiger charge is -2.25. The summed E-state index contributed by atoms with van der Waals surface area (Å²) in [6, 6.07) is 15.8. The molecule has 1 aliphatic heterocycles. The molecule has 1 N–H and O–H groups in total. The Balaban J connectivity index is 1.67. The molecule has 0 saturated carbocycles. The van der Waals surface area contributed by atoms with Gasteiger partial charge in [0.2, 0.25) is 0 Å². The molecular formula is C20H19FN2O. The van der Waals surface area contributed by atoms with Crippen molar-refractivity contribution >= 4 is 10.8 Å². The van der Waals surface area contributed by atoms with Gasteiger partial charge in [-0.05, 0) is 41.9 Å². The molecule has 1 aliphatic rings. The lowest BCUT2D eigenvalue weighted by atomic mass is 9.95. The number of pyridine rings is 1. The molecule has 3 nitrogen and oxygen atoms in total. The molecule has 0 radical (unpaired) electrons. The molecule has 1 fully saturated rings. The summed E-state index contributed by atoms with van der Waals surface area (Å²) in [4.78, 5) is 3.99. The highest BCUT2D eigenvalue weighted by atomic mass is 19.1. The van der Waals surface area contributed by atoms with Crippen molar-refractivity contribution in [3.63, 3.8) is 0 Å². The van der Waals surface area contributed by atoms with Crippen LogP contribution in [0.2, 0.25) is 0 Å². The van der Waals surface area contributed by atoms with E-state index >= 15 is 0 Å². The van der Waals surface area contributed by atoms with E-state index in [0.717, 1.165) is 36.2 Å². The van der Waals surface area contributed by atoms with Gasteiger partial charge in [0, 0.05) is 24.2 Å². The van der Waals surface area contributed by atoms with Crippen molar-refractivity contribution in [1.82, 2.24) is 10.3 Å². The molecule has 4 heteroatoms. The standard InChI is InChI=1S/C20H19FN2O/c21-18-9-17(12-23-13-18)20(16-7-8-22-11-16)24-19-6-5-14-3-1-2-4-15(14)10-19/h1-6,9-10,12-13,16,20,22H,7-8,11H2/t16-,20?/m0/s1. The average Bonchev–Trinajstić information content (AvgIpc) is 3.14. The number of halogens is 1. The van der Waals surface area contributed by atoms with Gasteiger partial charge in [0.1, 0.15) is 17.7 Å². The van der Waals surface area contributed by atoms with Crippen LogP contribution in [0.5, 0.6) is 5.75 Å². The largest absolute Gasteiger partial charge is 0.485 e. The fourth-order valence-electron chi connectivity index (χ4n) is 3.34. The Morgan fingerprint density at radius 2 is 1.96 bits per heavy atom. The highest BCUT2D eigenvalue weighted by molar-refractivity contribution is 5.83. The average molecular weight is 322 g/mol. The summed E-state index contributed by atoms with van der Waals surface area (Å²) >= 11 is 0. The quantitative estimate of drug-likeness (QED) is 0.785. The third-order valence-electron chi connectivity index (χ3n) is 4.57. The molecule has 122 valence electrons. The van der Waals surface area contributed by atoms with E-state index in [1.54, 1.807) is 6.20 Å². The Morgan fingerprint density at radius 1 is 1.08 bits per heavy atom. The SMILES string of the molecule is Fc1cncc(C(Oc2ccc3ccccc3c2)[C@H]2CCNC2)c1. The van der Waals surface area contributed by atoms with E-state index in [1.807, 2.05) is 24.3 Å². The zero-order chi connectivity index (χ0) is 16.4. The number of nitrogens with zero attached hydrogens (tertiary/aromatic N) is 1. The first kappa shape index (κ1) is 15.1. The molecule has 24 heavy (non-hydrogen) atoms. The fraction of sp³-hybridized carbons (Fsp3) is 0.250. The number of hydrogen-bond acceptors (Lipinski definition) is 3. The molecule has 2 atom stereocenters. The summed E-state index contributed by atoms with van der Waals surface area (Å²) < 4.78 is 19.9. The van der Waals surface area contributed by atoms with Crippen molar-refractivity contribution in [3.05, 3.63) is 72.3 Å². The van der Waals surface area contributed by atoms with Gasteiger partial charge in [0.05, 0.1) is 6.20 Å². The van der Waals surface area contributed by atoms with Gasteiger partial charge in [-0.25, -0.2) is 4.39 Å². The molecule has 0 amide bonds. The molecule has 1 saturated heterocycles. The third-order valence-corrected chi connectivity index (χ3v) is 4.57. The number of nitrogens with one attached hydrogen (secondary N) is 1. The lowest BCUT2D eigenvalue weighted by Crippen LogP contribution is -2.21. The van der Waals surface area contributed by atoms with Crippen LogP contribution in [0.25, 0.3) is 10.8 Å². The van der Waals surface area contributed by atoms with Crippen molar-refractivity contribution < 1.29 is 9.13 Å². The Hall–Kier alpha value is -2.46. The molecular weight excluding hydrogens is 303 g/mol. The number of aromatic nitrogens is 1. The van der Waals surface area contributed by atoms with Crippen LogP contribution in [-0.2, 0) is 0 Å². The van der Waals surface area contributed by atoms with Crippen LogP contribution >= 0.6 is 0 Å². The van der Waals surface area contributed by atoms with E-state index in [-0.39, 0.29) is 11.9 Å². The molecule has 3 aromatic rings. The van der Waals surface area contributed by atoms with E-state index in [0.29, 0.717) is 5.92 Å². The van der Waals surface area contributed by atoms with Crippen LogP contribution < -0.4 is 10.1 Å². The summed E-state index contributed by atoms with van der Waals surface area (Å²) in [5.41, 5.74) is 0.789. The van der Waals surface area contributed by atoms with Crippen molar-refractivity contribution in [2.75, 3.05) is 13.1 Å². The Bertz CT molecular complexity index is 846. The Labute approximate surface area is 140 Å². The van der Waals surface area contributed by atoms with E-state index in [4.69, 9.17) is 4.74 Å². The van der Waals surface area contributed by atoms with Crippen molar-refractivity contribution in [1.29, 1.82) is 0 Å². The molecule has 2 heterocycles. The number of ether oxygens (including phenoxy) is 1. The molecule has 0 aliphatic carbocycles. The van der Waals surface area contributed by atoms with E-state index < -0.39 is 0 Å². The molecule has 2 aromatic carbocycles.